The van der Waals surface area contributed by atoms with E-state index in [9.17, 15) is 9.18 Å². The monoisotopic (exact) mass is 334 g/mol. The molecule has 1 spiro atoms. The number of rotatable bonds is 3. The molecule has 0 radical (unpaired) electrons. The highest BCUT2D eigenvalue weighted by atomic mass is 19.1. The van der Waals surface area contributed by atoms with E-state index in [2.05, 4.69) is 5.32 Å². The van der Waals surface area contributed by atoms with E-state index in [1.54, 1.807) is 12.1 Å². The van der Waals surface area contributed by atoms with Crippen molar-refractivity contribution < 1.29 is 13.9 Å². The molecule has 132 valence electrons. The molecule has 0 aromatic heterocycles. The summed E-state index contributed by atoms with van der Waals surface area (Å²) in [5, 5.41) is 3.13. The van der Waals surface area contributed by atoms with Gasteiger partial charge in [-0.1, -0.05) is 19.1 Å². The molecule has 1 atom stereocenters. The van der Waals surface area contributed by atoms with Crippen molar-refractivity contribution in [3.63, 3.8) is 0 Å². The van der Waals surface area contributed by atoms with E-state index in [0.29, 0.717) is 0 Å². The number of hydrogen-bond donors (Lipinski definition) is 1. The minimum Gasteiger partial charge on any atom is -0.381 e. The molecule has 2 aliphatic heterocycles. The van der Waals surface area contributed by atoms with Crippen molar-refractivity contribution in [3.05, 3.63) is 35.6 Å². The van der Waals surface area contributed by atoms with E-state index in [4.69, 9.17) is 4.74 Å². The first-order valence-electron chi connectivity index (χ1n) is 9.00. The molecule has 4 nitrogen and oxygen atoms in total. The molecule has 2 heterocycles. The lowest BCUT2D eigenvalue weighted by atomic mass is 9.74. The van der Waals surface area contributed by atoms with Crippen molar-refractivity contribution >= 4 is 6.03 Å². The molecule has 1 aromatic carbocycles. The van der Waals surface area contributed by atoms with Crippen LogP contribution in [0.25, 0.3) is 0 Å². The van der Waals surface area contributed by atoms with Crippen LogP contribution >= 0.6 is 0 Å². The van der Waals surface area contributed by atoms with Gasteiger partial charge in [-0.05, 0) is 55.2 Å². The van der Waals surface area contributed by atoms with E-state index in [1.807, 2.05) is 11.8 Å². The maximum absolute atomic E-state index is 13.1. The van der Waals surface area contributed by atoms with E-state index >= 15 is 0 Å². The molecule has 2 saturated heterocycles. The van der Waals surface area contributed by atoms with E-state index in [-0.39, 0.29) is 23.3 Å². The number of benzene rings is 1. The maximum Gasteiger partial charge on any atom is 0.317 e. The number of carbonyl (C=O) groups excluding carboxylic acids is 1. The lowest BCUT2D eigenvalue weighted by Crippen LogP contribution is -2.51. The number of ether oxygens (including phenoxy) is 1. The van der Waals surface area contributed by atoms with Gasteiger partial charge < -0.3 is 15.0 Å². The minimum atomic E-state index is -0.252. The van der Waals surface area contributed by atoms with Gasteiger partial charge in [-0.3, -0.25) is 0 Å². The zero-order valence-corrected chi connectivity index (χ0v) is 14.4. The van der Waals surface area contributed by atoms with Crippen LogP contribution < -0.4 is 5.32 Å². The van der Waals surface area contributed by atoms with Gasteiger partial charge in [0.25, 0.3) is 0 Å². The molecule has 5 heteroatoms. The predicted molar refractivity (Wildman–Crippen MR) is 91.3 cm³/mol. The number of nitrogens with zero attached hydrogens (tertiary/aromatic N) is 1. The largest absolute Gasteiger partial charge is 0.381 e. The van der Waals surface area contributed by atoms with Gasteiger partial charge in [-0.15, -0.1) is 0 Å². The molecule has 24 heavy (non-hydrogen) atoms. The van der Waals surface area contributed by atoms with E-state index in [1.165, 1.54) is 18.6 Å². The first-order chi connectivity index (χ1) is 11.6. The average molecular weight is 334 g/mol. The normalized spacial score (nSPS) is 21.5. The Balaban J connectivity index is 1.63. The number of hydrogen-bond acceptors (Lipinski definition) is 2. The number of urea groups is 1. The van der Waals surface area contributed by atoms with Gasteiger partial charge >= 0.3 is 6.03 Å². The minimum absolute atomic E-state index is 0.00302. The van der Waals surface area contributed by atoms with Crippen LogP contribution in [0.1, 0.15) is 50.6 Å². The van der Waals surface area contributed by atoms with Crippen molar-refractivity contribution in [1.29, 1.82) is 0 Å². The Morgan fingerprint density at radius 3 is 2.67 bits per heavy atom. The highest BCUT2D eigenvalue weighted by molar-refractivity contribution is 5.75. The lowest BCUT2D eigenvalue weighted by molar-refractivity contribution is -0.0188. The second-order valence-corrected chi connectivity index (χ2v) is 7.10. The van der Waals surface area contributed by atoms with Crippen molar-refractivity contribution in [2.75, 3.05) is 26.3 Å². The molecule has 2 fully saturated rings. The van der Waals surface area contributed by atoms with Crippen LogP contribution in [-0.4, -0.2) is 37.2 Å². The number of piperidine rings is 1. The van der Waals surface area contributed by atoms with Crippen LogP contribution in [0.4, 0.5) is 9.18 Å². The average Bonchev–Trinajstić information content (AvgIpc) is 2.61. The zero-order chi connectivity index (χ0) is 17.0. The van der Waals surface area contributed by atoms with Crippen molar-refractivity contribution in [2.24, 2.45) is 5.41 Å². The van der Waals surface area contributed by atoms with Crippen LogP contribution in [0, 0.1) is 11.2 Å². The Labute approximate surface area is 143 Å². The molecule has 0 saturated carbocycles. The van der Waals surface area contributed by atoms with Gasteiger partial charge in [0.1, 0.15) is 5.82 Å². The van der Waals surface area contributed by atoms with Gasteiger partial charge in [0.15, 0.2) is 0 Å². The number of amides is 2. The zero-order valence-electron chi connectivity index (χ0n) is 14.4. The quantitative estimate of drug-likeness (QED) is 0.911. The summed E-state index contributed by atoms with van der Waals surface area (Å²) in [5.74, 6) is -0.252. The standard InChI is InChI=1S/C19H27FN2O2/c1-2-17(15-4-6-16(20)7-5-15)21-18(23)22-11-3-8-19(14-22)9-12-24-13-10-19/h4-7,17H,2-3,8-14H2,1H3,(H,21,23)/t17-/m1/s1. The topological polar surface area (TPSA) is 41.6 Å². The summed E-state index contributed by atoms with van der Waals surface area (Å²) >= 11 is 0. The second-order valence-electron chi connectivity index (χ2n) is 7.10. The van der Waals surface area contributed by atoms with E-state index in [0.717, 1.165) is 57.6 Å². The molecular weight excluding hydrogens is 307 g/mol. The molecule has 0 aliphatic carbocycles. The highest BCUT2D eigenvalue weighted by Gasteiger charge is 2.38. The van der Waals surface area contributed by atoms with Gasteiger partial charge in [0, 0.05) is 26.3 Å². The molecular formula is C19H27FN2O2. The summed E-state index contributed by atoms with van der Waals surface area (Å²) < 4.78 is 18.6. The smallest absolute Gasteiger partial charge is 0.317 e. The van der Waals surface area contributed by atoms with E-state index < -0.39 is 0 Å². The van der Waals surface area contributed by atoms with Gasteiger partial charge in [0.2, 0.25) is 0 Å². The van der Waals surface area contributed by atoms with Gasteiger partial charge in [-0.2, -0.15) is 0 Å². The highest BCUT2D eigenvalue weighted by Crippen LogP contribution is 2.39. The summed E-state index contributed by atoms with van der Waals surface area (Å²) in [4.78, 5) is 14.7. The number of halogens is 1. The molecule has 2 aliphatic rings. The molecule has 0 bridgehead atoms. The third-order valence-electron chi connectivity index (χ3n) is 5.48. The Morgan fingerprint density at radius 2 is 2.00 bits per heavy atom. The number of carbonyl (C=O) groups is 1. The van der Waals surface area contributed by atoms with Crippen molar-refractivity contribution in [3.8, 4) is 0 Å². The SMILES string of the molecule is CC[C@@H](NC(=O)N1CCCC2(CCOCC2)C1)c1ccc(F)cc1. The first-order valence-corrected chi connectivity index (χ1v) is 9.00. The maximum atomic E-state index is 13.1. The van der Waals surface area contributed by atoms with Crippen LogP contribution in [0.2, 0.25) is 0 Å². The van der Waals surface area contributed by atoms with Crippen LogP contribution in [-0.2, 0) is 4.74 Å². The van der Waals surface area contributed by atoms with Crippen LogP contribution in [0.5, 0.6) is 0 Å². The summed E-state index contributed by atoms with van der Waals surface area (Å²) in [7, 11) is 0. The summed E-state index contributed by atoms with van der Waals surface area (Å²) in [5.41, 5.74) is 1.19. The molecule has 2 amide bonds. The molecule has 1 aromatic rings. The summed E-state index contributed by atoms with van der Waals surface area (Å²) in [6.07, 6.45) is 5.12. The Bertz CT molecular complexity index is 549. The lowest BCUT2D eigenvalue weighted by Gasteiger charge is -2.45. The van der Waals surface area contributed by atoms with Crippen LogP contribution in [0.15, 0.2) is 24.3 Å². The van der Waals surface area contributed by atoms with Gasteiger partial charge in [-0.25, -0.2) is 9.18 Å². The fourth-order valence-electron chi connectivity index (χ4n) is 3.95. The number of likely N-dealkylation sites (tertiary alicyclic amines) is 1. The first kappa shape index (κ1) is 17.2. The molecule has 1 N–H and O–H groups in total. The van der Waals surface area contributed by atoms with Crippen molar-refractivity contribution in [1.82, 2.24) is 10.2 Å². The summed E-state index contributed by atoms with van der Waals surface area (Å²) in [6, 6.07) is 6.31. The Hall–Kier alpha value is -1.62. The van der Waals surface area contributed by atoms with Gasteiger partial charge in [0.05, 0.1) is 6.04 Å². The molecule has 3 rings (SSSR count). The fraction of sp³-hybridized carbons (Fsp3) is 0.632. The molecule has 0 unspecified atom stereocenters. The van der Waals surface area contributed by atoms with Crippen molar-refractivity contribution in [2.45, 2.75) is 45.1 Å². The second kappa shape index (κ2) is 7.51. The fourth-order valence-corrected chi connectivity index (χ4v) is 3.95. The Morgan fingerprint density at radius 1 is 1.29 bits per heavy atom. The van der Waals surface area contributed by atoms with Crippen LogP contribution in [0.3, 0.4) is 0 Å². The predicted octanol–water partition coefficient (Wildman–Crippen LogP) is 3.88. The third kappa shape index (κ3) is 3.89. The Kier molecular flexibility index (Phi) is 5.39. The number of nitrogens with one attached hydrogen (secondary N) is 1. The third-order valence-corrected chi connectivity index (χ3v) is 5.48. The summed E-state index contributed by atoms with van der Waals surface area (Å²) in [6.45, 7) is 5.28.